The lowest BCUT2D eigenvalue weighted by Crippen LogP contribution is -2.42. The summed E-state index contributed by atoms with van der Waals surface area (Å²) >= 11 is 0. The number of fused-ring (bicyclic) bond motifs is 1. The number of hydrogen-bond donors (Lipinski definition) is 1. The van der Waals surface area contributed by atoms with Gasteiger partial charge in [0.2, 0.25) is 0 Å². The molecule has 0 saturated carbocycles. The monoisotopic (exact) mass is 218 g/mol. The molecule has 2 nitrogen and oxygen atoms in total. The fourth-order valence-electron chi connectivity index (χ4n) is 2.25. The van der Waals surface area contributed by atoms with Crippen molar-refractivity contribution >= 4 is 11.4 Å². The third-order valence-corrected chi connectivity index (χ3v) is 3.50. The van der Waals surface area contributed by atoms with E-state index in [4.69, 9.17) is 0 Å². The van der Waals surface area contributed by atoms with Gasteiger partial charge in [0, 0.05) is 19.6 Å². The topological polar surface area (TPSA) is 15.3 Å². The second-order valence-corrected chi connectivity index (χ2v) is 5.08. The van der Waals surface area contributed by atoms with Crippen LogP contribution in [0.25, 0.3) is 0 Å². The fraction of sp³-hybridized carbons (Fsp3) is 0.571. The molecule has 0 radical (unpaired) electrons. The van der Waals surface area contributed by atoms with Crippen molar-refractivity contribution in [1.82, 2.24) is 0 Å². The first-order chi connectivity index (χ1) is 7.61. The van der Waals surface area contributed by atoms with Crippen molar-refractivity contribution in [2.75, 3.05) is 23.8 Å². The van der Waals surface area contributed by atoms with Crippen molar-refractivity contribution < 1.29 is 0 Å². The van der Waals surface area contributed by atoms with Gasteiger partial charge >= 0.3 is 0 Å². The van der Waals surface area contributed by atoms with E-state index in [0.717, 1.165) is 13.0 Å². The smallest absolute Gasteiger partial charge is 0.0602 e. The normalized spacial score (nSPS) is 19.6. The Kier molecular flexibility index (Phi) is 3.08. The molecule has 0 fully saturated rings. The summed E-state index contributed by atoms with van der Waals surface area (Å²) in [4.78, 5) is 2.37. The summed E-state index contributed by atoms with van der Waals surface area (Å²) in [5.41, 5.74) is 4.04. The minimum absolute atomic E-state index is 0.560. The minimum atomic E-state index is 0.560. The lowest BCUT2D eigenvalue weighted by molar-refractivity contribution is 0.514. The quantitative estimate of drug-likeness (QED) is 0.820. The highest BCUT2D eigenvalue weighted by Gasteiger charge is 2.23. The number of benzene rings is 1. The average molecular weight is 218 g/mol. The molecule has 0 aromatic heterocycles. The third-order valence-electron chi connectivity index (χ3n) is 3.50. The first-order valence-electron chi connectivity index (χ1n) is 6.22. The Hall–Kier alpha value is -1.18. The summed E-state index contributed by atoms with van der Waals surface area (Å²) in [5.74, 6) is 0.668. The highest BCUT2D eigenvalue weighted by molar-refractivity contribution is 5.73. The molecular formula is C14H22N2. The Labute approximate surface area is 98.7 Å². The largest absolute Gasteiger partial charge is 0.379 e. The van der Waals surface area contributed by atoms with E-state index in [0.29, 0.717) is 12.0 Å². The van der Waals surface area contributed by atoms with Crippen LogP contribution in [0, 0.1) is 5.92 Å². The van der Waals surface area contributed by atoms with Gasteiger partial charge in [-0.05, 0) is 30.0 Å². The van der Waals surface area contributed by atoms with Crippen molar-refractivity contribution in [2.24, 2.45) is 5.92 Å². The first kappa shape index (κ1) is 11.3. The predicted octanol–water partition coefficient (Wildman–Crippen LogP) is 3.14. The molecule has 1 aliphatic rings. The fourth-order valence-corrected chi connectivity index (χ4v) is 2.25. The third kappa shape index (κ3) is 2.01. The van der Waals surface area contributed by atoms with Crippen molar-refractivity contribution in [3.63, 3.8) is 0 Å². The van der Waals surface area contributed by atoms with E-state index in [1.165, 1.54) is 16.9 Å². The van der Waals surface area contributed by atoms with Gasteiger partial charge in [0.05, 0.1) is 11.4 Å². The van der Waals surface area contributed by atoms with Gasteiger partial charge in [-0.2, -0.15) is 0 Å². The molecule has 1 aromatic carbocycles. The Bertz CT molecular complexity index is 371. The highest BCUT2D eigenvalue weighted by atomic mass is 15.2. The molecule has 1 aliphatic heterocycles. The molecule has 0 bridgehead atoms. The minimum Gasteiger partial charge on any atom is -0.379 e. The highest BCUT2D eigenvalue weighted by Crippen LogP contribution is 2.32. The number of hydrogen-bond acceptors (Lipinski definition) is 2. The van der Waals surface area contributed by atoms with E-state index >= 15 is 0 Å². The van der Waals surface area contributed by atoms with Crippen LogP contribution in [0.1, 0.15) is 26.3 Å². The van der Waals surface area contributed by atoms with Gasteiger partial charge in [-0.1, -0.05) is 26.8 Å². The zero-order valence-corrected chi connectivity index (χ0v) is 10.7. The second-order valence-electron chi connectivity index (χ2n) is 5.08. The Morgan fingerprint density at radius 1 is 1.44 bits per heavy atom. The lowest BCUT2D eigenvalue weighted by atomic mass is 9.99. The van der Waals surface area contributed by atoms with Gasteiger partial charge in [-0.3, -0.25) is 0 Å². The Balaban J connectivity index is 2.30. The molecule has 1 unspecified atom stereocenters. The molecule has 1 N–H and O–H groups in total. The molecule has 1 heterocycles. The summed E-state index contributed by atoms with van der Waals surface area (Å²) in [6, 6.07) is 7.31. The van der Waals surface area contributed by atoms with Gasteiger partial charge in [-0.15, -0.1) is 0 Å². The van der Waals surface area contributed by atoms with E-state index in [9.17, 15) is 0 Å². The molecule has 2 heteroatoms. The SMILES string of the molecule is CCc1ccc2c(c1)N(C)CC(C(C)C)N2. The van der Waals surface area contributed by atoms with Crippen LogP contribution in [0.15, 0.2) is 18.2 Å². The van der Waals surface area contributed by atoms with Crippen LogP contribution in [0.5, 0.6) is 0 Å². The van der Waals surface area contributed by atoms with Crippen molar-refractivity contribution in [2.45, 2.75) is 33.2 Å². The van der Waals surface area contributed by atoms with E-state index in [-0.39, 0.29) is 0 Å². The molecular weight excluding hydrogens is 196 g/mol. The Morgan fingerprint density at radius 3 is 2.81 bits per heavy atom. The second kappa shape index (κ2) is 4.36. The summed E-state index contributed by atoms with van der Waals surface area (Å²) in [6.45, 7) is 7.85. The van der Waals surface area contributed by atoms with Crippen LogP contribution < -0.4 is 10.2 Å². The number of nitrogens with one attached hydrogen (secondary N) is 1. The molecule has 16 heavy (non-hydrogen) atoms. The van der Waals surface area contributed by atoms with Crippen LogP contribution in [-0.2, 0) is 6.42 Å². The van der Waals surface area contributed by atoms with Crippen LogP contribution in [0.4, 0.5) is 11.4 Å². The van der Waals surface area contributed by atoms with Gasteiger partial charge < -0.3 is 10.2 Å². The van der Waals surface area contributed by atoms with Crippen LogP contribution in [0.3, 0.4) is 0 Å². The zero-order valence-electron chi connectivity index (χ0n) is 10.7. The summed E-state index contributed by atoms with van der Waals surface area (Å²) < 4.78 is 0. The van der Waals surface area contributed by atoms with E-state index in [2.05, 4.69) is 56.2 Å². The molecule has 0 saturated heterocycles. The van der Waals surface area contributed by atoms with Crippen LogP contribution in [-0.4, -0.2) is 19.6 Å². The van der Waals surface area contributed by atoms with E-state index in [1.54, 1.807) is 0 Å². The van der Waals surface area contributed by atoms with Crippen LogP contribution in [0.2, 0.25) is 0 Å². The van der Waals surface area contributed by atoms with Crippen molar-refractivity contribution in [3.8, 4) is 0 Å². The average Bonchev–Trinajstić information content (AvgIpc) is 2.28. The van der Waals surface area contributed by atoms with Gasteiger partial charge in [0.1, 0.15) is 0 Å². The maximum atomic E-state index is 3.64. The summed E-state index contributed by atoms with van der Waals surface area (Å²) in [6.07, 6.45) is 1.11. The molecule has 88 valence electrons. The van der Waals surface area contributed by atoms with Crippen molar-refractivity contribution in [3.05, 3.63) is 23.8 Å². The number of likely N-dealkylation sites (N-methyl/N-ethyl adjacent to an activating group) is 1. The maximum Gasteiger partial charge on any atom is 0.0602 e. The standard InChI is InChI=1S/C14H22N2/c1-5-11-6-7-12-14(8-11)16(4)9-13(15-12)10(2)3/h6-8,10,13,15H,5,9H2,1-4H3. The molecule has 0 spiro atoms. The van der Waals surface area contributed by atoms with E-state index in [1.807, 2.05) is 0 Å². The van der Waals surface area contributed by atoms with Gasteiger partial charge in [0.15, 0.2) is 0 Å². The number of rotatable bonds is 2. The Morgan fingerprint density at radius 2 is 2.19 bits per heavy atom. The molecule has 0 aliphatic carbocycles. The van der Waals surface area contributed by atoms with Crippen LogP contribution >= 0.6 is 0 Å². The van der Waals surface area contributed by atoms with Gasteiger partial charge in [-0.25, -0.2) is 0 Å². The molecule has 2 rings (SSSR count). The van der Waals surface area contributed by atoms with Gasteiger partial charge in [0.25, 0.3) is 0 Å². The summed E-state index contributed by atoms with van der Waals surface area (Å²) in [7, 11) is 2.19. The molecule has 1 aromatic rings. The lowest BCUT2D eigenvalue weighted by Gasteiger charge is -2.37. The van der Waals surface area contributed by atoms with Crippen molar-refractivity contribution in [1.29, 1.82) is 0 Å². The zero-order chi connectivity index (χ0) is 11.7. The predicted molar refractivity (Wildman–Crippen MR) is 71.3 cm³/mol. The number of anilines is 2. The molecule has 0 amide bonds. The number of nitrogens with zero attached hydrogens (tertiary/aromatic N) is 1. The maximum absolute atomic E-state index is 3.64. The summed E-state index contributed by atoms with van der Waals surface area (Å²) in [5, 5.41) is 3.64. The number of aryl methyl sites for hydroxylation is 1. The molecule has 1 atom stereocenters. The van der Waals surface area contributed by atoms with E-state index < -0.39 is 0 Å². The first-order valence-corrected chi connectivity index (χ1v) is 6.22.